The molecule has 1 fully saturated rings. The number of benzene rings is 1. The van der Waals surface area contributed by atoms with Crippen LogP contribution in [0.15, 0.2) is 42.6 Å². The summed E-state index contributed by atoms with van der Waals surface area (Å²) in [6.07, 6.45) is 5.14. The number of hydrogen-bond donors (Lipinski definition) is 2. The van der Waals surface area contributed by atoms with Gasteiger partial charge in [0.05, 0.1) is 18.7 Å². The Morgan fingerprint density at radius 3 is 2.83 bits per heavy atom. The number of aromatic nitrogens is 4. The molecule has 1 saturated heterocycles. The van der Waals surface area contributed by atoms with Crippen LogP contribution < -0.4 is 9.64 Å². The molecule has 4 aromatic rings. The minimum Gasteiger partial charge on any atom is -0.494 e. The lowest BCUT2D eigenvalue weighted by Crippen LogP contribution is -2.60. The quantitative estimate of drug-likeness (QED) is 0.433. The lowest BCUT2D eigenvalue weighted by molar-refractivity contribution is -0.135. The van der Waals surface area contributed by atoms with Gasteiger partial charge in [0, 0.05) is 43.5 Å². The van der Waals surface area contributed by atoms with Crippen molar-refractivity contribution in [1.82, 2.24) is 25.1 Å². The molecular formula is C27H28N6O3. The summed E-state index contributed by atoms with van der Waals surface area (Å²) in [6, 6.07) is 12.4. The number of likely N-dealkylation sites (N-methyl/N-ethyl adjacent to an activating group) is 1. The molecule has 3 aromatic heterocycles. The number of rotatable bonds is 6. The van der Waals surface area contributed by atoms with Crippen LogP contribution in [-0.4, -0.2) is 76.0 Å². The van der Waals surface area contributed by atoms with Crippen molar-refractivity contribution >= 4 is 22.8 Å². The van der Waals surface area contributed by atoms with Crippen molar-refractivity contribution < 1.29 is 14.6 Å². The largest absolute Gasteiger partial charge is 0.494 e. The highest BCUT2D eigenvalue weighted by Gasteiger charge is 2.33. The van der Waals surface area contributed by atoms with Crippen molar-refractivity contribution in [3.05, 3.63) is 53.7 Å². The molecule has 2 N–H and O–H groups in total. The van der Waals surface area contributed by atoms with Crippen LogP contribution in [0.2, 0.25) is 0 Å². The molecular weight excluding hydrogens is 456 g/mol. The number of amides is 1. The number of pyridine rings is 2. The van der Waals surface area contributed by atoms with Crippen LogP contribution >= 0.6 is 0 Å². The zero-order valence-corrected chi connectivity index (χ0v) is 20.4. The summed E-state index contributed by atoms with van der Waals surface area (Å²) in [5.74, 6) is 1.30. The molecule has 1 aromatic carbocycles. The van der Waals surface area contributed by atoms with Crippen molar-refractivity contribution in [2.45, 2.75) is 25.3 Å². The fraction of sp³-hybridized carbons (Fsp3) is 0.333. The fourth-order valence-electron chi connectivity index (χ4n) is 5.24. The van der Waals surface area contributed by atoms with Gasteiger partial charge >= 0.3 is 0 Å². The minimum absolute atomic E-state index is 0.0819. The highest BCUT2D eigenvalue weighted by molar-refractivity contribution is 5.93. The second-order valence-electron chi connectivity index (χ2n) is 9.43. The van der Waals surface area contributed by atoms with E-state index in [1.165, 1.54) is 11.1 Å². The van der Waals surface area contributed by atoms with Crippen molar-refractivity contribution in [1.29, 1.82) is 0 Å². The molecule has 0 radical (unpaired) electrons. The Bertz CT molecular complexity index is 1440. The van der Waals surface area contributed by atoms with Crippen LogP contribution in [0.4, 0.5) is 5.82 Å². The van der Waals surface area contributed by atoms with Gasteiger partial charge in [-0.05, 0) is 42.5 Å². The number of aromatic amines is 1. The van der Waals surface area contributed by atoms with Gasteiger partial charge in [-0.2, -0.15) is 5.10 Å². The number of aliphatic hydroxyl groups excluding tert-OH is 1. The number of fused-ring (bicyclic) bond motifs is 2. The monoisotopic (exact) mass is 484 g/mol. The van der Waals surface area contributed by atoms with E-state index in [1.807, 2.05) is 24.4 Å². The third-order valence-electron chi connectivity index (χ3n) is 7.40. The van der Waals surface area contributed by atoms with Gasteiger partial charge in [-0.1, -0.05) is 18.2 Å². The molecule has 184 valence electrons. The molecule has 0 spiro atoms. The van der Waals surface area contributed by atoms with E-state index in [0.29, 0.717) is 13.1 Å². The van der Waals surface area contributed by atoms with Gasteiger partial charge in [-0.15, -0.1) is 0 Å². The van der Waals surface area contributed by atoms with Gasteiger partial charge in [0.25, 0.3) is 0 Å². The van der Waals surface area contributed by atoms with Gasteiger partial charge in [-0.3, -0.25) is 9.89 Å². The number of hydrogen-bond acceptors (Lipinski definition) is 7. The SMILES string of the molecule is COc1cc2[nH]nc(-c3ccc(N4CC(N(C)C(=O)CO)C4)nc3)c2nc1-c1cccc2c1CCC2. The molecule has 1 amide bonds. The van der Waals surface area contributed by atoms with E-state index in [-0.39, 0.29) is 11.9 Å². The number of carbonyl (C=O) groups is 1. The molecule has 9 nitrogen and oxygen atoms in total. The highest BCUT2D eigenvalue weighted by atomic mass is 16.5. The maximum atomic E-state index is 11.7. The molecule has 0 saturated carbocycles. The highest BCUT2D eigenvalue weighted by Crippen LogP contribution is 2.38. The molecule has 1 aliphatic carbocycles. The number of aliphatic hydroxyl groups is 1. The fourth-order valence-corrected chi connectivity index (χ4v) is 5.24. The molecule has 9 heteroatoms. The third-order valence-corrected chi connectivity index (χ3v) is 7.40. The zero-order valence-electron chi connectivity index (χ0n) is 20.4. The molecule has 1 aliphatic heterocycles. The number of aryl methyl sites for hydroxylation is 1. The first-order chi connectivity index (χ1) is 17.6. The molecule has 0 atom stereocenters. The Labute approximate surface area is 208 Å². The molecule has 0 bridgehead atoms. The van der Waals surface area contributed by atoms with Gasteiger partial charge < -0.3 is 19.6 Å². The number of carbonyl (C=O) groups excluding carboxylic acids is 1. The number of H-pyrrole nitrogens is 1. The summed E-state index contributed by atoms with van der Waals surface area (Å²) < 4.78 is 5.72. The lowest BCUT2D eigenvalue weighted by atomic mass is 9.99. The van der Waals surface area contributed by atoms with Crippen LogP contribution in [-0.2, 0) is 17.6 Å². The predicted molar refractivity (Wildman–Crippen MR) is 137 cm³/mol. The summed E-state index contributed by atoms with van der Waals surface area (Å²) in [5.41, 5.74) is 7.92. The predicted octanol–water partition coefficient (Wildman–Crippen LogP) is 2.82. The maximum Gasteiger partial charge on any atom is 0.248 e. The summed E-state index contributed by atoms with van der Waals surface area (Å²) in [6.45, 7) is 0.907. The first-order valence-corrected chi connectivity index (χ1v) is 12.2. The summed E-state index contributed by atoms with van der Waals surface area (Å²) in [4.78, 5) is 25.1. The second-order valence-corrected chi connectivity index (χ2v) is 9.43. The standard InChI is InChI=1S/C27H28N6O3/c1-32(24(35)15-34)18-13-33(14-18)23-10-9-17(12-28-23)25-27-21(30-31-25)11-22(36-2)26(29-27)20-8-4-6-16-5-3-7-19(16)20/h4,6,8-12,18,34H,3,5,7,13-15H2,1-2H3,(H,30,31). The summed E-state index contributed by atoms with van der Waals surface area (Å²) in [5, 5.41) is 16.7. The first kappa shape index (κ1) is 22.5. The van der Waals surface area contributed by atoms with Gasteiger partial charge in [-0.25, -0.2) is 9.97 Å². The summed E-state index contributed by atoms with van der Waals surface area (Å²) >= 11 is 0. The molecule has 0 unspecified atom stereocenters. The van der Waals surface area contributed by atoms with Gasteiger partial charge in [0.15, 0.2) is 0 Å². The Morgan fingerprint density at radius 1 is 1.22 bits per heavy atom. The van der Waals surface area contributed by atoms with Crippen LogP contribution in [0.1, 0.15) is 17.5 Å². The Morgan fingerprint density at radius 2 is 2.08 bits per heavy atom. The van der Waals surface area contributed by atoms with Crippen molar-refractivity contribution in [2.75, 3.05) is 38.8 Å². The number of ether oxygens (including phenoxy) is 1. The first-order valence-electron chi connectivity index (χ1n) is 12.2. The maximum absolute atomic E-state index is 11.7. The molecule has 4 heterocycles. The Balaban J connectivity index is 1.30. The van der Waals surface area contributed by atoms with E-state index in [0.717, 1.165) is 64.4 Å². The van der Waals surface area contributed by atoms with E-state index in [4.69, 9.17) is 14.8 Å². The van der Waals surface area contributed by atoms with E-state index < -0.39 is 6.61 Å². The summed E-state index contributed by atoms with van der Waals surface area (Å²) in [7, 11) is 3.40. The Kier molecular flexibility index (Phi) is 5.56. The number of methoxy groups -OCH3 is 1. The average Bonchev–Trinajstić information content (AvgIpc) is 3.53. The molecule has 36 heavy (non-hydrogen) atoms. The number of anilines is 1. The van der Waals surface area contributed by atoms with Crippen molar-refractivity contribution in [3.8, 4) is 28.3 Å². The second kappa shape index (κ2) is 8.91. The number of nitrogens with zero attached hydrogens (tertiary/aromatic N) is 5. The average molecular weight is 485 g/mol. The van der Waals surface area contributed by atoms with Crippen LogP contribution in [0, 0.1) is 0 Å². The topological polar surface area (TPSA) is 107 Å². The molecule has 6 rings (SSSR count). The van der Waals surface area contributed by atoms with Crippen molar-refractivity contribution in [2.24, 2.45) is 0 Å². The van der Waals surface area contributed by atoms with Crippen LogP contribution in [0.25, 0.3) is 33.5 Å². The van der Waals surface area contributed by atoms with E-state index in [9.17, 15) is 4.79 Å². The van der Waals surface area contributed by atoms with Gasteiger partial charge in [0.2, 0.25) is 5.91 Å². The Hall–Kier alpha value is -3.98. The van der Waals surface area contributed by atoms with E-state index in [2.05, 4.69) is 38.3 Å². The minimum atomic E-state index is -0.466. The van der Waals surface area contributed by atoms with E-state index in [1.54, 1.807) is 19.1 Å². The molecule has 2 aliphatic rings. The van der Waals surface area contributed by atoms with Crippen LogP contribution in [0.5, 0.6) is 5.75 Å². The van der Waals surface area contributed by atoms with Crippen molar-refractivity contribution in [3.63, 3.8) is 0 Å². The third kappa shape index (κ3) is 3.67. The number of nitrogens with one attached hydrogen (secondary N) is 1. The van der Waals surface area contributed by atoms with E-state index >= 15 is 0 Å². The van der Waals surface area contributed by atoms with Crippen LogP contribution in [0.3, 0.4) is 0 Å². The van der Waals surface area contributed by atoms with Gasteiger partial charge in [0.1, 0.15) is 35.1 Å². The zero-order chi connectivity index (χ0) is 24.8. The smallest absolute Gasteiger partial charge is 0.248 e. The normalized spacial score (nSPS) is 15.1. The lowest BCUT2D eigenvalue weighted by Gasteiger charge is -2.44.